The van der Waals surface area contributed by atoms with E-state index < -0.39 is 6.10 Å². The summed E-state index contributed by atoms with van der Waals surface area (Å²) in [7, 11) is 0. The van der Waals surface area contributed by atoms with Crippen molar-refractivity contribution in [1.29, 1.82) is 0 Å². The van der Waals surface area contributed by atoms with Gasteiger partial charge in [-0.2, -0.15) is 0 Å². The fraction of sp³-hybridized carbons (Fsp3) is 0.818. The molecule has 98 valence electrons. The van der Waals surface area contributed by atoms with Crippen LogP contribution in [0.25, 0.3) is 0 Å². The number of nitrogens with one attached hydrogen (secondary N) is 2. The van der Waals surface area contributed by atoms with Crippen molar-refractivity contribution in [2.75, 3.05) is 19.6 Å². The molecule has 0 aliphatic carbocycles. The van der Waals surface area contributed by atoms with Gasteiger partial charge in [0.2, 0.25) is 5.91 Å². The summed E-state index contributed by atoms with van der Waals surface area (Å²) >= 11 is 0. The molecular formula is C11H22N4O2. The van der Waals surface area contributed by atoms with E-state index in [-0.39, 0.29) is 12.0 Å². The molecule has 0 aromatic rings. The Balaban J connectivity index is 2.38. The lowest BCUT2D eigenvalue weighted by atomic mass is 10.2. The highest BCUT2D eigenvalue weighted by molar-refractivity contribution is 5.80. The molecule has 17 heavy (non-hydrogen) atoms. The number of aliphatic imine (C=N–C) groups is 1. The molecule has 2 atom stereocenters. The summed E-state index contributed by atoms with van der Waals surface area (Å²) in [6.07, 6.45) is 1.10. The maximum atomic E-state index is 10.9. The molecule has 1 amide bonds. The molecule has 4 N–H and O–H groups in total. The smallest absolute Gasteiger partial charge is 0.246 e. The van der Waals surface area contributed by atoms with Gasteiger partial charge < -0.3 is 21.1 Å². The third kappa shape index (κ3) is 4.60. The number of primary amides is 1. The van der Waals surface area contributed by atoms with Crippen LogP contribution in [-0.2, 0) is 9.53 Å². The SMILES string of the molecule is CCNC(=NCC1CCC(C(N)=O)O1)NCC. The highest BCUT2D eigenvalue weighted by Crippen LogP contribution is 2.19. The molecule has 6 heteroatoms. The van der Waals surface area contributed by atoms with Gasteiger partial charge in [-0.25, -0.2) is 0 Å². The lowest BCUT2D eigenvalue weighted by Crippen LogP contribution is -2.37. The molecule has 1 aliphatic rings. The van der Waals surface area contributed by atoms with Crippen molar-refractivity contribution in [3.8, 4) is 0 Å². The zero-order valence-corrected chi connectivity index (χ0v) is 10.5. The number of ether oxygens (including phenoxy) is 1. The molecule has 0 saturated carbocycles. The molecule has 1 rings (SSSR count). The molecule has 1 aliphatic heterocycles. The fourth-order valence-corrected chi connectivity index (χ4v) is 1.75. The second-order valence-corrected chi connectivity index (χ2v) is 3.98. The number of hydrogen-bond acceptors (Lipinski definition) is 3. The van der Waals surface area contributed by atoms with Crippen molar-refractivity contribution in [3.05, 3.63) is 0 Å². The Bertz CT molecular complexity index is 273. The van der Waals surface area contributed by atoms with E-state index in [0.717, 1.165) is 25.5 Å². The van der Waals surface area contributed by atoms with Crippen LogP contribution in [-0.4, -0.2) is 43.7 Å². The molecule has 1 fully saturated rings. The van der Waals surface area contributed by atoms with E-state index >= 15 is 0 Å². The topological polar surface area (TPSA) is 88.7 Å². The van der Waals surface area contributed by atoms with Crippen molar-refractivity contribution in [2.24, 2.45) is 10.7 Å². The number of rotatable bonds is 5. The van der Waals surface area contributed by atoms with Gasteiger partial charge in [0.1, 0.15) is 6.10 Å². The minimum Gasteiger partial charge on any atom is -0.367 e. The predicted octanol–water partition coefficient (Wildman–Crippen LogP) is -0.406. The average Bonchev–Trinajstić information content (AvgIpc) is 2.75. The number of amides is 1. The Kier molecular flexibility index (Phi) is 5.76. The summed E-state index contributed by atoms with van der Waals surface area (Å²) in [6.45, 7) is 6.23. The third-order valence-corrected chi connectivity index (χ3v) is 2.57. The fourth-order valence-electron chi connectivity index (χ4n) is 1.75. The van der Waals surface area contributed by atoms with Gasteiger partial charge in [-0.1, -0.05) is 0 Å². The van der Waals surface area contributed by atoms with Crippen molar-refractivity contribution < 1.29 is 9.53 Å². The number of carbonyl (C=O) groups is 1. The molecule has 0 bridgehead atoms. The first-order valence-electron chi connectivity index (χ1n) is 6.14. The number of carbonyl (C=O) groups excluding carboxylic acids is 1. The maximum absolute atomic E-state index is 10.9. The Morgan fingerprint density at radius 3 is 2.47 bits per heavy atom. The highest BCUT2D eigenvalue weighted by atomic mass is 16.5. The highest BCUT2D eigenvalue weighted by Gasteiger charge is 2.28. The standard InChI is InChI=1S/C11H22N4O2/c1-3-13-11(14-4-2)15-7-8-5-6-9(17-8)10(12)16/h8-9H,3-7H2,1-2H3,(H2,12,16)(H2,13,14,15). The van der Waals surface area contributed by atoms with Crippen LogP contribution in [0.2, 0.25) is 0 Å². The number of hydrogen-bond donors (Lipinski definition) is 3. The minimum absolute atomic E-state index is 0.000174. The van der Waals surface area contributed by atoms with Crippen LogP contribution in [0.4, 0.5) is 0 Å². The quantitative estimate of drug-likeness (QED) is 0.452. The van der Waals surface area contributed by atoms with E-state index in [9.17, 15) is 4.79 Å². The molecule has 0 aromatic heterocycles. The number of nitrogens with zero attached hydrogens (tertiary/aromatic N) is 1. The van der Waals surface area contributed by atoms with E-state index in [1.807, 2.05) is 13.8 Å². The molecule has 1 saturated heterocycles. The maximum Gasteiger partial charge on any atom is 0.246 e. The molecule has 1 heterocycles. The zero-order valence-electron chi connectivity index (χ0n) is 10.5. The predicted molar refractivity (Wildman–Crippen MR) is 66.7 cm³/mol. The van der Waals surface area contributed by atoms with Gasteiger partial charge in [-0.05, 0) is 26.7 Å². The van der Waals surface area contributed by atoms with Crippen LogP contribution in [0.1, 0.15) is 26.7 Å². The van der Waals surface area contributed by atoms with Crippen LogP contribution < -0.4 is 16.4 Å². The van der Waals surface area contributed by atoms with Crippen molar-refractivity contribution in [2.45, 2.75) is 38.9 Å². The van der Waals surface area contributed by atoms with Crippen molar-refractivity contribution in [3.63, 3.8) is 0 Å². The second-order valence-electron chi connectivity index (χ2n) is 3.98. The van der Waals surface area contributed by atoms with Crippen LogP contribution in [0.15, 0.2) is 4.99 Å². The van der Waals surface area contributed by atoms with E-state index in [0.29, 0.717) is 13.0 Å². The molecule has 2 unspecified atom stereocenters. The van der Waals surface area contributed by atoms with Crippen LogP contribution in [0, 0.1) is 0 Å². The normalized spacial score (nSPS) is 23.2. The van der Waals surface area contributed by atoms with Crippen molar-refractivity contribution in [1.82, 2.24) is 10.6 Å². The number of nitrogens with two attached hydrogens (primary N) is 1. The van der Waals surface area contributed by atoms with Crippen LogP contribution >= 0.6 is 0 Å². The van der Waals surface area contributed by atoms with E-state index in [2.05, 4.69) is 15.6 Å². The van der Waals surface area contributed by atoms with Crippen LogP contribution in [0.3, 0.4) is 0 Å². The Morgan fingerprint density at radius 2 is 2.00 bits per heavy atom. The summed E-state index contributed by atoms with van der Waals surface area (Å²) in [5, 5.41) is 6.27. The largest absolute Gasteiger partial charge is 0.367 e. The van der Waals surface area contributed by atoms with E-state index in [1.165, 1.54) is 0 Å². The summed E-state index contributed by atoms with van der Waals surface area (Å²) in [5.41, 5.74) is 5.19. The molecule has 0 aromatic carbocycles. The average molecular weight is 242 g/mol. The first kappa shape index (κ1) is 13.8. The zero-order chi connectivity index (χ0) is 12.7. The molecule has 6 nitrogen and oxygen atoms in total. The van der Waals surface area contributed by atoms with Gasteiger partial charge >= 0.3 is 0 Å². The first-order valence-corrected chi connectivity index (χ1v) is 6.14. The van der Waals surface area contributed by atoms with E-state index in [4.69, 9.17) is 10.5 Å². The number of guanidine groups is 1. The van der Waals surface area contributed by atoms with Crippen molar-refractivity contribution >= 4 is 11.9 Å². The van der Waals surface area contributed by atoms with Gasteiger partial charge in [-0.15, -0.1) is 0 Å². The third-order valence-electron chi connectivity index (χ3n) is 2.57. The van der Waals surface area contributed by atoms with Gasteiger partial charge in [-0.3, -0.25) is 9.79 Å². The summed E-state index contributed by atoms with van der Waals surface area (Å²) in [6, 6.07) is 0. The van der Waals surface area contributed by atoms with Gasteiger partial charge in [0.25, 0.3) is 0 Å². The van der Waals surface area contributed by atoms with Crippen LogP contribution in [0.5, 0.6) is 0 Å². The lowest BCUT2D eigenvalue weighted by molar-refractivity contribution is -0.128. The van der Waals surface area contributed by atoms with Gasteiger partial charge in [0, 0.05) is 13.1 Å². The monoisotopic (exact) mass is 242 g/mol. The van der Waals surface area contributed by atoms with Gasteiger partial charge in [0.05, 0.1) is 12.6 Å². The lowest BCUT2D eigenvalue weighted by Gasteiger charge is -2.12. The van der Waals surface area contributed by atoms with E-state index in [1.54, 1.807) is 0 Å². The Labute approximate surface area is 102 Å². The summed E-state index contributed by atoms with van der Waals surface area (Å²) in [4.78, 5) is 15.3. The molecular weight excluding hydrogens is 220 g/mol. The Morgan fingerprint density at radius 1 is 1.35 bits per heavy atom. The minimum atomic E-state index is -0.433. The molecule has 0 spiro atoms. The summed E-state index contributed by atoms with van der Waals surface area (Å²) in [5.74, 6) is 0.399. The molecule has 0 radical (unpaired) electrons. The first-order chi connectivity index (χ1) is 8.17. The second kappa shape index (κ2) is 7.11. The van der Waals surface area contributed by atoms with Gasteiger partial charge in [0.15, 0.2) is 5.96 Å². The summed E-state index contributed by atoms with van der Waals surface area (Å²) < 4.78 is 5.49. The Hall–Kier alpha value is -1.30.